The van der Waals surface area contributed by atoms with E-state index >= 15 is 0 Å². The van der Waals surface area contributed by atoms with Crippen molar-refractivity contribution in [3.8, 4) is 23.0 Å². The number of aryl methyl sites for hydroxylation is 1. The van der Waals surface area contributed by atoms with Crippen molar-refractivity contribution < 1.29 is 19.0 Å². The van der Waals surface area contributed by atoms with E-state index in [4.69, 9.17) is 30.8 Å². The third kappa shape index (κ3) is 5.67. The number of aromatic nitrogens is 5. The summed E-state index contributed by atoms with van der Waals surface area (Å²) in [6.07, 6.45) is 6.03. The second-order valence-corrected chi connectivity index (χ2v) is 10.7. The molecule has 10 nitrogen and oxygen atoms in total. The third-order valence-electron chi connectivity index (χ3n) is 6.93. The van der Waals surface area contributed by atoms with E-state index in [0.717, 1.165) is 30.5 Å². The molecular formula is C28H29ClN6O4. The third-order valence-corrected chi connectivity index (χ3v) is 7.25. The smallest absolute Gasteiger partial charge is 0.258 e. The van der Waals surface area contributed by atoms with Crippen molar-refractivity contribution in [3.63, 3.8) is 0 Å². The maximum atomic E-state index is 12.3. The number of carbonyl (C=O) groups excluding carboxylic acids is 1. The highest BCUT2D eigenvalue weighted by Gasteiger charge is 2.41. The predicted molar refractivity (Wildman–Crippen MR) is 145 cm³/mol. The van der Waals surface area contributed by atoms with Gasteiger partial charge in [-0.25, -0.2) is 9.97 Å². The number of rotatable bonds is 9. The number of benzene rings is 1. The summed E-state index contributed by atoms with van der Waals surface area (Å²) in [7, 11) is 0. The SMILES string of the molecule is Cc1ccnc(Cn2c(-c3ccc(OCC(=O)N[C@@H]4CCOC4)cc3Cl)nc3c(OC4(C)CC4)ncnc32)c1. The van der Waals surface area contributed by atoms with Crippen LogP contribution in [-0.2, 0) is 16.1 Å². The molecule has 0 unspecified atom stereocenters. The van der Waals surface area contributed by atoms with E-state index in [-0.39, 0.29) is 24.2 Å². The number of imidazole rings is 1. The standard InChI is InChI=1S/C28H29ClN6O4/c1-17-5-9-30-19(11-17)13-35-25(34-24-26(35)31-16-32-27(24)39-28(2)7-8-28)21-4-3-20(12-22(21)29)38-15-23(36)33-18-6-10-37-14-18/h3-5,9,11-12,16,18H,6-8,10,13-15H2,1-2H3,(H,33,36)/t18-/m1/s1. The Hall–Kier alpha value is -3.76. The minimum Gasteiger partial charge on any atom is -0.484 e. The quantitative estimate of drug-likeness (QED) is 0.332. The lowest BCUT2D eigenvalue weighted by atomic mass is 10.2. The molecule has 4 aromatic rings. The van der Waals surface area contributed by atoms with Crippen LogP contribution in [0.1, 0.15) is 37.4 Å². The Balaban J connectivity index is 1.31. The van der Waals surface area contributed by atoms with Gasteiger partial charge in [-0.2, -0.15) is 4.98 Å². The second kappa shape index (κ2) is 10.4. The molecular weight excluding hydrogens is 520 g/mol. The van der Waals surface area contributed by atoms with Gasteiger partial charge in [-0.3, -0.25) is 9.78 Å². The van der Waals surface area contributed by atoms with Gasteiger partial charge in [-0.15, -0.1) is 0 Å². The van der Waals surface area contributed by atoms with E-state index < -0.39 is 0 Å². The van der Waals surface area contributed by atoms with Crippen LogP contribution in [0.2, 0.25) is 5.02 Å². The Morgan fingerprint density at radius 1 is 1.23 bits per heavy atom. The lowest BCUT2D eigenvalue weighted by Gasteiger charge is -2.13. The number of nitrogens with one attached hydrogen (secondary N) is 1. The van der Waals surface area contributed by atoms with Crippen molar-refractivity contribution >= 4 is 28.7 Å². The van der Waals surface area contributed by atoms with E-state index in [1.807, 2.05) is 29.7 Å². The monoisotopic (exact) mass is 548 g/mol. The van der Waals surface area contributed by atoms with Crippen molar-refractivity contribution in [2.75, 3.05) is 19.8 Å². The molecule has 1 amide bonds. The van der Waals surface area contributed by atoms with Crippen molar-refractivity contribution in [2.24, 2.45) is 0 Å². The summed E-state index contributed by atoms with van der Waals surface area (Å²) in [5.41, 5.74) is 3.63. The van der Waals surface area contributed by atoms with Crippen molar-refractivity contribution in [3.05, 3.63) is 59.1 Å². The van der Waals surface area contributed by atoms with E-state index in [9.17, 15) is 4.79 Å². The first-order chi connectivity index (χ1) is 18.9. The normalized spacial score (nSPS) is 17.8. The lowest BCUT2D eigenvalue weighted by Crippen LogP contribution is -2.38. The van der Waals surface area contributed by atoms with Crippen LogP contribution in [0.5, 0.6) is 11.6 Å². The van der Waals surface area contributed by atoms with Gasteiger partial charge in [0, 0.05) is 18.4 Å². The molecule has 202 valence electrons. The molecule has 6 rings (SSSR count). The fourth-order valence-electron chi connectivity index (χ4n) is 4.54. The maximum Gasteiger partial charge on any atom is 0.258 e. The van der Waals surface area contributed by atoms with Crippen LogP contribution in [-0.4, -0.2) is 61.9 Å². The maximum absolute atomic E-state index is 12.3. The van der Waals surface area contributed by atoms with Crippen molar-refractivity contribution in [1.29, 1.82) is 0 Å². The zero-order valence-corrected chi connectivity index (χ0v) is 22.6. The summed E-state index contributed by atoms with van der Waals surface area (Å²) in [6.45, 7) is 5.60. The van der Waals surface area contributed by atoms with Gasteiger partial charge in [-0.05, 0) is 69.0 Å². The van der Waals surface area contributed by atoms with Crippen LogP contribution in [0, 0.1) is 6.92 Å². The Morgan fingerprint density at radius 3 is 2.85 bits per heavy atom. The molecule has 11 heteroatoms. The molecule has 1 N–H and O–H groups in total. The summed E-state index contributed by atoms with van der Waals surface area (Å²) in [5.74, 6) is 1.34. The number of hydrogen-bond donors (Lipinski definition) is 1. The highest BCUT2D eigenvalue weighted by Crippen LogP contribution is 2.41. The number of carbonyl (C=O) groups is 1. The van der Waals surface area contributed by atoms with Gasteiger partial charge < -0.3 is 24.1 Å². The number of halogens is 1. The Kier molecular flexibility index (Phi) is 6.82. The Morgan fingerprint density at radius 2 is 2.10 bits per heavy atom. The number of amides is 1. The topological polar surface area (TPSA) is 113 Å². The molecule has 3 aromatic heterocycles. The highest BCUT2D eigenvalue weighted by atomic mass is 35.5. The van der Waals surface area contributed by atoms with E-state index in [0.29, 0.717) is 59.0 Å². The molecule has 1 aliphatic heterocycles. The molecule has 0 spiro atoms. The van der Waals surface area contributed by atoms with Gasteiger partial charge in [0.25, 0.3) is 5.91 Å². The molecule has 0 bridgehead atoms. The second-order valence-electron chi connectivity index (χ2n) is 10.3. The van der Waals surface area contributed by atoms with E-state index in [1.165, 1.54) is 6.33 Å². The highest BCUT2D eigenvalue weighted by molar-refractivity contribution is 6.33. The van der Waals surface area contributed by atoms with Gasteiger partial charge in [0.15, 0.2) is 17.8 Å². The van der Waals surface area contributed by atoms with E-state index in [2.05, 4.69) is 27.2 Å². The van der Waals surface area contributed by atoms with E-state index in [1.54, 1.807) is 18.3 Å². The summed E-state index contributed by atoms with van der Waals surface area (Å²) in [5, 5.41) is 3.34. The van der Waals surface area contributed by atoms with Crippen molar-refractivity contribution in [1.82, 2.24) is 29.8 Å². The van der Waals surface area contributed by atoms with Crippen LogP contribution in [0.4, 0.5) is 0 Å². The molecule has 4 heterocycles. The van der Waals surface area contributed by atoms with Crippen LogP contribution in [0.3, 0.4) is 0 Å². The molecule has 2 fully saturated rings. The minimum atomic E-state index is -0.225. The average molecular weight is 549 g/mol. The molecule has 39 heavy (non-hydrogen) atoms. The first-order valence-electron chi connectivity index (χ1n) is 13.0. The number of ether oxygens (including phenoxy) is 3. The van der Waals surface area contributed by atoms with Gasteiger partial charge >= 0.3 is 0 Å². The number of pyridine rings is 1. The van der Waals surface area contributed by atoms with Crippen LogP contribution in [0.25, 0.3) is 22.6 Å². The summed E-state index contributed by atoms with van der Waals surface area (Å²) in [6, 6.07) is 9.31. The Labute approximate surface area is 230 Å². The molecule has 1 saturated carbocycles. The summed E-state index contributed by atoms with van der Waals surface area (Å²) < 4.78 is 19.2. The van der Waals surface area contributed by atoms with Crippen LogP contribution < -0.4 is 14.8 Å². The zero-order valence-electron chi connectivity index (χ0n) is 21.8. The number of nitrogens with zero attached hydrogens (tertiary/aromatic N) is 5. The molecule has 2 aliphatic rings. The first-order valence-corrected chi connectivity index (χ1v) is 13.4. The molecule has 1 atom stereocenters. The number of hydrogen-bond acceptors (Lipinski definition) is 8. The molecule has 1 saturated heterocycles. The van der Waals surface area contributed by atoms with Gasteiger partial charge in [-0.1, -0.05) is 11.6 Å². The molecule has 1 aliphatic carbocycles. The fraction of sp³-hybridized carbons (Fsp3) is 0.393. The van der Waals surface area contributed by atoms with Gasteiger partial charge in [0.05, 0.1) is 29.9 Å². The summed E-state index contributed by atoms with van der Waals surface area (Å²) >= 11 is 6.77. The van der Waals surface area contributed by atoms with Crippen LogP contribution >= 0.6 is 11.6 Å². The zero-order chi connectivity index (χ0) is 27.0. The first kappa shape index (κ1) is 25.5. The lowest BCUT2D eigenvalue weighted by molar-refractivity contribution is -0.123. The molecule has 0 radical (unpaired) electrons. The average Bonchev–Trinajstić information content (AvgIpc) is 3.26. The largest absolute Gasteiger partial charge is 0.484 e. The predicted octanol–water partition coefficient (Wildman–Crippen LogP) is 4.11. The van der Waals surface area contributed by atoms with Crippen LogP contribution in [0.15, 0.2) is 42.9 Å². The van der Waals surface area contributed by atoms with Gasteiger partial charge in [0.1, 0.15) is 23.5 Å². The minimum absolute atomic E-state index is 0.0300. The molecule has 1 aromatic carbocycles. The summed E-state index contributed by atoms with van der Waals surface area (Å²) in [4.78, 5) is 30.7. The fourth-order valence-corrected chi connectivity index (χ4v) is 4.79. The number of fused-ring (bicyclic) bond motifs is 1. The van der Waals surface area contributed by atoms with Crippen molar-refractivity contribution in [2.45, 2.75) is 51.3 Å². The van der Waals surface area contributed by atoms with Gasteiger partial charge in [0.2, 0.25) is 5.88 Å². The Bertz CT molecular complexity index is 1530.